The molecule has 0 unspecified atom stereocenters. The maximum atomic E-state index is 5.23. The van der Waals surface area contributed by atoms with Gasteiger partial charge in [-0.2, -0.15) is 0 Å². The lowest BCUT2D eigenvalue weighted by Gasteiger charge is -2.39. The molecule has 1 aromatic heterocycles. The van der Waals surface area contributed by atoms with Gasteiger partial charge in [-0.05, 0) is 68.0 Å². The molecule has 0 bridgehead atoms. The zero-order valence-corrected chi connectivity index (χ0v) is 19.1. The van der Waals surface area contributed by atoms with Gasteiger partial charge in [0.05, 0.1) is 5.69 Å². The Morgan fingerprint density at radius 1 is 0.793 bits per heavy atom. The minimum Gasteiger partial charge on any atom is -0.331 e. The minimum absolute atomic E-state index is 0.0955. The van der Waals surface area contributed by atoms with Crippen molar-refractivity contribution < 1.29 is 0 Å². The fraction of sp³-hybridized carbons (Fsp3) is 0.654. The Hall–Kier alpha value is -1.14. The molecule has 3 heteroatoms. The first kappa shape index (κ1) is 19.8. The summed E-state index contributed by atoms with van der Waals surface area (Å²) in [4.78, 5) is 5.23. The molecule has 3 aliphatic carbocycles. The van der Waals surface area contributed by atoms with Crippen molar-refractivity contribution in [3.8, 4) is 11.4 Å². The van der Waals surface area contributed by atoms with E-state index in [1.807, 2.05) is 0 Å². The second-order valence-electron chi connectivity index (χ2n) is 9.60. The molecule has 2 fully saturated rings. The van der Waals surface area contributed by atoms with Crippen LogP contribution in [-0.2, 0) is 19.9 Å². The summed E-state index contributed by atoms with van der Waals surface area (Å²) >= 11 is 0. The third kappa shape index (κ3) is 3.95. The Bertz CT molecular complexity index is 809. The zero-order valence-electron chi connectivity index (χ0n) is 18.2. The van der Waals surface area contributed by atoms with E-state index in [4.69, 9.17) is 4.98 Å². The van der Waals surface area contributed by atoms with Gasteiger partial charge in [-0.15, -0.1) is 0 Å². The van der Waals surface area contributed by atoms with Gasteiger partial charge in [0.1, 0.15) is 5.82 Å². The number of hydrogen-bond donors (Lipinski definition) is 0. The summed E-state index contributed by atoms with van der Waals surface area (Å²) in [6, 6.07) is 9.45. The standard InChI is InChI=1S/C26H37N2P/c1-28-24-18-10-9-17-23(24)27-26(28)22-16-8-11-19-25(22)29(20-12-4-2-5-13-20)21-14-6-3-7-15-21/h8,11,16,19-21H,2-7,9-10,12-15,17-18H2,1H3. The highest BCUT2D eigenvalue weighted by atomic mass is 31.1. The number of aromatic nitrogens is 2. The van der Waals surface area contributed by atoms with E-state index in [0.717, 1.165) is 11.3 Å². The molecule has 5 rings (SSSR count). The third-order valence-electron chi connectivity index (χ3n) is 7.73. The van der Waals surface area contributed by atoms with E-state index >= 15 is 0 Å². The number of nitrogens with zero attached hydrogens (tertiary/aromatic N) is 2. The summed E-state index contributed by atoms with van der Waals surface area (Å²) in [6.45, 7) is 0. The molecule has 0 saturated heterocycles. The van der Waals surface area contributed by atoms with Crippen LogP contribution in [-0.4, -0.2) is 20.9 Å². The molecule has 0 amide bonds. The molecule has 0 atom stereocenters. The van der Waals surface area contributed by atoms with E-state index in [9.17, 15) is 0 Å². The molecule has 29 heavy (non-hydrogen) atoms. The Labute approximate surface area is 178 Å². The van der Waals surface area contributed by atoms with Gasteiger partial charge >= 0.3 is 0 Å². The molecule has 1 heterocycles. The van der Waals surface area contributed by atoms with E-state index in [-0.39, 0.29) is 7.92 Å². The van der Waals surface area contributed by atoms with Crippen molar-refractivity contribution in [1.82, 2.24) is 9.55 Å². The molecule has 2 nitrogen and oxygen atoms in total. The van der Waals surface area contributed by atoms with Crippen molar-refractivity contribution >= 4 is 13.2 Å². The van der Waals surface area contributed by atoms with Gasteiger partial charge in [-0.1, -0.05) is 70.7 Å². The third-order valence-corrected chi connectivity index (χ3v) is 11.3. The SMILES string of the molecule is Cn1c(-c2ccccc2P(C2CCCCC2)C2CCCCC2)nc2c1CCCC2. The van der Waals surface area contributed by atoms with E-state index < -0.39 is 0 Å². The summed E-state index contributed by atoms with van der Waals surface area (Å²) in [5.41, 5.74) is 6.23. The largest absolute Gasteiger partial charge is 0.331 e. The van der Waals surface area contributed by atoms with Crippen molar-refractivity contribution in [3.05, 3.63) is 35.7 Å². The zero-order chi connectivity index (χ0) is 19.6. The number of benzene rings is 1. The average molecular weight is 409 g/mol. The fourth-order valence-corrected chi connectivity index (χ4v) is 10.2. The second kappa shape index (κ2) is 8.93. The van der Waals surface area contributed by atoms with Crippen LogP contribution < -0.4 is 5.30 Å². The number of fused-ring (bicyclic) bond motifs is 1. The van der Waals surface area contributed by atoms with Crippen LogP contribution in [0.25, 0.3) is 11.4 Å². The van der Waals surface area contributed by atoms with Crippen LogP contribution in [0.1, 0.15) is 88.4 Å². The fourth-order valence-electron chi connectivity index (χ4n) is 6.22. The van der Waals surface area contributed by atoms with Gasteiger partial charge < -0.3 is 4.57 Å². The predicted molar refractivity (Wildman–Crippen MR) is 126 cm³/mol. The molecular weight excluding hydrogens is 371 g/mol. The van der Waals surface area contributed by atoms with Crippen molar-refractivity contribution in [3.63, 3.8) is 0 Å². The topological polar surface area (TPSA) is 17.8 Å². The first-order chi connectivity index (χ1) is 14.3. The molecule has 0 radical (unpaired) electrons. The molecule has 2 aromatic rings. The lowest BCUT2D eigenvalue weighted by molar-refractivity contribution is 0.487. The molecular formula is C26H37N2P. The van der Waals surface area contributed by atoms with Crippen molar-refractivity contribution in [2.75, 3.05) is 0 Å². The molecule has 1 aromatic carbocycles. The summed E-state index contributed by atoms with van der Waals surface area (Å²) in [7, 11) is 2.18. The van der Waals surface area contributed by atoms with Gasteiger partial charge in [0.15, 0.2) is 0 Å². The monoisotopic (exact) mass is 408 g/mol. The maximum absolute atomic E-state index is 5.23. The van der Waals surface area contributed by atoms with E-state index in [0.29, 0.717) is 0 Å². The molecule has 2 saturated carbocycles. The molecule has 0 aliphatic heterocycles. The van der Waals surface area contributed by atoms with Gasteiger partial charge in [0.2, 0.25) is 0 Å². The Morgan fingerprint density at radius 2 is 1.41 bits per heavy atom. The first-order valence-electron chi connectivity index (χ1n) is 12.2. The highest BCUT2D eigenvalue weighted by molar-refractivity contribution is 7.67. The van der Waals surface area contributed by atoms with Crippen LogP contribution in [0.3, 0.4) is 0 Å². The quantitative estimate of drug-likeness (QED) is 0.512. The number of aryl methyl sites for hydroxylation is 1. The van der Waals surface area contributed by atoms with Crippen LogP contribution in [0, 0.1) is 0 Å². The first-order valence-corrected chi connectivity index (χ1v) is 13.7. The van der Waals surface area contributed by atoms with Crippen LogP contribution in [0.5, 0.6) is 0 Å². The van der Waals surface area contributed by atoms with E-state index in [1.54, 1.807) is 5.30 Å². The lowest BCUT2D eigenvalue weighted by Crippen LogP contribution is -2.27. The summed E-state index contributed by atoms with van der Waals surface area (Å²) in [5, 5.41) is 1.69. The number of hydrogen-bond acceptors (Lipinski definition) is 1. The van der Waals surface area contributed by atoms with Gasteiger partial charge in [-0.3, -0.25) is 0 Å². The Morgan fingerprint density at radius 3 is 2.07 bits per heavy atom. The predicted octanol–water partition coefficient (Wildman–Crippen LogP) is 6.74. The minimum atomic E-state index is -0.0955. The van der Waals surface area contributed by atoms with Crippen molar-refractivity contribution in [1.29, 1.82) is 0 Å². The van der Waals surface area contributed by atoms with Crippen molar-refractivity contribution in [2.24, 2.45) is 7.05 Å². The van der Waals surface area contributed by atoms with Crippen LogP contribution in [0.15, 0.2) is 24.3 Å². The van der Waals surface area contributed by atoms with Crippen molar-refractivity contribution in [2.45, 2.75) is 101 Å². The Balaban J connectivity index is 1.57. The molecule has 3 aliphatic rings. The van der Waals surface area contributed by atoms with Crippen LogP contribution in [0.2, 0.25) is 0 Å². The van der Waals surface area contributed by atoms with Crippen LogP contribution in [0.4, 0.5) is 0 Å². The highest BCUT2D eigenvalue weighted by Crippen LogP contribution is 2.56. The normalized spacial score (nSPS) is 21.4. The smallest absolute Gasteiger partial charge is 0.140 e. The van der Waals surface area contributed by atoms with Gasteiger partial charge in [0, 0.05) is 18.3 Å². The summed E-state index contributed by atoms with van der Waals surface area (Å²) < 4.78 is 2.45. The van der Waals surface area contributed by atoms with E-state index in [2.05, 4.69) is 35.9 Å². The lowest BCUT2D eigenvalue weighted by atomic mass is 9.99. The van der Waals surface area contributed by atoms with Gasteiger partial charge in [0.25, 0.3) is 0 Å². The highest BCUT2D eigenvalue weighted by Gasteiger charge is 2.34. The van der Waals surface area contributed by atoms with Crippen LogP contribution >= 0.6 is 7.92 Å². The number of rotatable bonds is 4. The average Bonchev–Trinajstić information content (AvgIpc) is 3.12. The molecule has 0 spiro atoms. The maximum Gasteiger partial charge on any atom is 0.140 e. The number of imidazole rings is 1. The second-order valence-corrected chi connectivity index (χ2v) is 12.4. The molecule has 156 valence electrons. The Kier molecular flexibility index (Phi) is 6.09. The van der Waals surface area contributed by atoms with Gasteiger partial charge in [-0.25, -0.2) is 4.98 Å². The summed E-state index contributed by atoms with van der Waals surface area (Å²) in [5.74, 6) is 1.26. The molecule has 0 N–H and O–H groups in total. The summed E-state index contributed by atoms with van der Waals surface area (Å²) in [6.07, 6.45) is 19.6. The van der Waals surface area contributed by atoms with E-state index in [1.165, 1.54) is 113 Å².